The van der Waals surface area contributed by atoms with Crippen molar-refractivity contribution in [2.75, 3.05) is 14.2 Å². The van der Waals surface area contributed by atoms with Gasteiger partial charge in [0.2, 0.25) is 0 Å². The highest BCUT2D eigenvalue weighted by molar-refractivity contribution is 7.80. The Morgan fingerprint density at radius 1 is 1.47 bits per heavy atom. The van der Waals surface area contributed by atoms with Crippen LogP contribution in [0.25, 0.3) is 0 Å². The van der Waals surface area contributed by atoms with Crippen molar-refractivity contribution in [3.63, 3.8) is 0 Å². The molecule has 1 rings (SSSR count). The van der Waals surface area contributed by atoms with E-state index in [9.17, 15) is 0 Å². The van der Waals surface area contributed by atoms with Crippen LogP contribution in [0.5, 0.6) is 0 Å². The van der Waals surface area contributed by atoms with Crippen LogP contribution in [0.1, 0.15) is 5.56 Å². The number of hydrazine groups is 1. The molecule has 6 heteroatoms. The van der Waals surface area contributed by atoms with E-state index in [-0.39, 0.29) is 0 Å². The summed E-state index contributed by atoms with van der Waals surface area (Å²) < 4.78 is 4.94. The number of nitrogens with one attached hydrogen (secondary N) is 1. The molecule has 0 aliphatic rings. The second-order valence-electron chi connectivity index (χ2n) is 2.84. The quantitative estimate of drug-likeness (QED) is 0.478. The van der Waals surface area contributed by atoms with Crippen LogP contribution in [0, 0.1) is 0 Å². The molecular weight excluding hydrogens is 229 g/mol. The van der Waals surface area contributed by atoms with E-state index in [1.54, 1.807) is 12.1 Å². The van der Waals surface area contributed by atoms with Crippen LogP contribution >= 0.6 is 20.7 Å². The van der Waals surface area contributed by atoms with Crippen molar-refractivity contribution in [2.24, 2.45) is 5.50 Å². The number of hydrogen-bond donors (Lipinski definition) is 2. The summed E-state index contributed by atoms with van der Waals surface area (Å²) in [6.45, 7) is 0. The minimum Gasteiger partial charge on any atom is -0.334 e. The fourth-order valence-corrected chi connectivity index (χ4v) is 1.74. The molecule has 0 fully saturated rings. The van der Waals surface area contributed by atoms with E-state index in [1.807, 2.05) is 37.4 Å². The molecule has 0 heterocycles. The lowest BCUT2D eigenvalue weighted by Gasteiger charge is -2.23. The normalized spacial score (nSPS) is 12.2. The maximum absolute atomic E-state index is 5.62. The lowest BCUT2D eigenvalue weighted by Crippen LogP contribution is -2.37. The molecule has 3 N–H and O–H groups in total. The average molecular weight is 243 g/mol. The average Bonchev–Trinajstić information content (AvgIpc) is 2.29. The largest absolute Gasteiger partial charge is 0.334 e. The summed E-state index contributed by atoms with van der Waals surface area (Å²) in [7, 11) is 2.22. The van der Waals surface area contributed by atoms with Gasteiger partial charge in [-0.3, -0.25) is 10.5 Å². The molecule has 4 nitrogen and oxygen atoms in total. The summed E-state index contributed by atoms with van der Waals surface area (Å²) in [6, 6.07) is 9.73. The van der Waals surface area contributed by atoms with Crippen molar-refractivity contribution in [1.29, 1.82) is 0 Å². The SMILES string of the molecule is COP(N)NN(C)C(=S)c1ccccc1. The van der Waals surface area contributed by atoms with Crippen molar-refractivity contribution in [3.8, 4) is 0 Å². The molecule has 1 unspecified atom stereocenters. The topological polar surface area (TPSA) is 50.5 Å². The van der Waals surface area contributed by atoms with E-state index < -0.39 is 8.45 Å². The van der Waals surface area contributed by atoms with E-state index in [1.165, 1.54) is 0 Å². The molecular formula is C9H14N3OPS. The van der Waals surface area contributed by atoms with Gasteiger partial charge in [-0.25, -0.2) is 0 Å². The first-order valence-electron chi connectivity index (χ1n) is 4.33. The Hall–Kier alpha value is -0.580. The molecule has 1 aromatic carbocycles. The molecule has 0 aliphatic carbocycles. The number of nitrogens with zero attached hydrogens (tertiary/aromatic N) is 1. The number of thiocarbonyl (C=S) groups is 1. The zero-order valence-corrected chi connectivity index (χ0v) is 10.4. The highest BCUT2D eigenvalue weighted by Crippen LogP contribution is 2.19. The Morgan fingerprint density at radius 3 is 2.60 bits per heavy atom. The standard InChI is InChI=1S/C9H14N3OPS/c1-12(11-14(10)13-2)9(15)8-6-4-3-5-7-8/h3-7,11H,10H2,1-2H3. The van der Waals surface area contributed by atoms with Crippen LogP contribution in [0.4, 0.5) is 0 Å². The first kappa shape index (κ1) is 12.5. The summed E-state index contributed by atoms with van der Waals surface area (Å²) >= 11 is 5.27. The zero-order valence-electron chi connectivity index (χ0n) is 8.68. The summed E-state index contributed by atoms with van der Waals surface area (Å²) in [5.41, 5.74) is 6.59. The van der Waals surface area contributed by atoms with Gasteiger partial charge in [0.05, 0.1) is 0 Å². The van der Waals surface area contributed by atoms with E-state index in [2.05, 4.69) is 5.20 Å². The Labute approximate surface area is 96.3 Å². The molecule has 0 saturated carbocycles. The Kier molecular flexibility index (Phi) is 5.08. The van der Waals surface area contributed by atoms with Gasteiger partial charge in [0.25, 0.3) is 0 Å². The molecule has 15 heavy (non-hydrogen) atoms. The van der Waals surface area contributed by atoms with Crippen molar-refractivity contribution < 1.29 is 4.52 Å². The third kappa shape index (κ3) is 3.81. The van der Waals surface area contributed by atoms with Crippen LogP contribution in [-0.4, -0.2) is 24.2 Å². The van der Waals surface area contributed by atoms with E-state index in [0.29, 0.717) is 4.99 Å². The molecule has 0 aromatic heterocycles. The van der Waals surface area contributed by atoms with Gasteiger partial charge < -0.3 is 4.52 Å². The molecule has 1 atom stereocenters. The number of rotatable bonds is 4. The molecule has 0 spiro atoms. The fourth-order valence-electron chi connectivity index (χ4n) is 1.01. The van der Waals surface area contributed by atoms with Crippen molar-refractivity contribution in [3.05, 3.63) is 35.9 Å². The van der Waals surface area contributed by atoms with Gasteiger partial charge >= 0.3 is 0 Å². The molecule has 82 valence electrons. The maximum atomic E-state index is 5.62. The summed E-state index contributed by atoms with van der Waals surface area (Å²) in [5, 5.41) is 4.63. The lowest BCUT2D eigenvalue weighted by atomic mass is 10.2. The monoisotopic (exact) mass is 243 g/mol. The van der Waals surface area contributed by atoms with Gasteiger partial charge in [-0.2, -0.15) is 5.20 Å². The molecule has 0 aliphatic heterocycles. The first-order chi connectivity index (χ1) is 7.15. The smallest absolute Gasteiger partial charge is 0.198 e. The van der Waals surface area contributed by atoms with Crippen molar-refractivity contribution in [2.45, 2.75) is 0 Å². The first-order valence-corrected chi connectivity index (χ1v) is 6.07. The maximum Gasteiger partial charge on any atom is 0.198 e. The summed E-state index contributed by atoms with van der Waals surface area (Å²) in [5.74, 6) is 0. The van der Waals surface area contributed by atoms with Gasteiger partial charge in [0, 0.05) is 19.7 Å². The Morgan fingerprint density at radius 2 is 2.07 bits per heavy atom. The van der Waals surface area contributed by atoms with Crippen LogP contribution in [0.15, 0.2) is 30.3 Å². The predicted octanol–water partition coefficient (Wildman–Crippen LogP) is 1.63. The second kappa shape index (κ2) is 6.10. The third-order valence-electron chi connectivity index (χ3n) is 1.77. The lowest BCUT2D eigenvalue weighted by molar-refractivity contribution is 0.402. The van der Waals surface area contributed by atoms with Crippen molar-refractivity contribution in [1.82, 2.24) is 10.2 Å². The number of benzene rings is 1. The summed E-state index contributed by atoms with van der Waals surface area (Å²) in [6.07, 6.45) is 0. The van der Waals surface area contributed by atoms with Crippen molar-refractivity contribution >= 4 is 25.7 Å². The van der Waals surface area contributed by atoms with E-state index in [0.717, 1.165) is 5.56 Å². The van der Waals surface area contributed by atoms with E-state index in [4.69, 9.17) is 22.2 Å². The van der Waals surface area contributed by atoms with E-state index >= 15 is 0 Å². The van der Waals surface area contributed by atoms with Crippen LogP contribution in [0.2, 0.25) is 0 Å². The Balaban J connectivity index is 2.61. The molecule has 1 aromatic rings. The number of hydrogen-bond acceptors (Lipinski definition) is 4. The highest BCUT2D eigenvalue weighted by atomic mass is 32.1. The third-order valence-corrected chi connectivity index (χ3v) is 3.17. The van der Waals surface area contributed by atoms with Crippen LogP contribution in [-0.2, 0) is 4.52 Å². The zero-order chi connectivity index (χ0) is 11.3. The predicted molar refractivity (Wildman–Crippen MR) is 67.2 cm³/mol. The fraction of sp³-hybridized carbons (Fsp3) is 0.222. The molecule has 0 amide bonds. The van der Waals surface area contributed by atoms with Gasteiger partial charge in [0.1, 0.15) is 4.99 Å². The molecule has 0 radical (unpaired) electrons. The summed E-state index contributed by atoms with van der Waals surface area (Å²) in [4.78, 5) is 0.686. The van der Waals surface area contributed by atoms with Gasteiger partial charge in [-0.1, -0.05) is 42.5 Å². The minimum atomic E-state index is -1.15. The van der Waals surface area contributed by atoms with Gasteiger partial charge in [-0.05, 0) is 0 Å². The van der Waals surface area contributed by atoms with Crippen LogP contribution < -0.4 is 10.7 Å². The highest BCUT2D eigenvalue weighted by Gasteiger charge is 2.09. The Bertz CT molecular complexity index is 322. The van der Waals surface area contributed by atoms with Gasteiger partial charge in [0.15, 0.2) is 8.45 Å². The second-order valence-corrected chi connectivity index (χ2v) is 4.44. The van der Waals surface area contributed by atoms with Gasteiger partial charge in [-0.15, -0.1) is 0 Å². The van der Waals surface area contributed by atoms with Crippen LogP contribution in [0.3, 0.4) is 0 Å². The molecule has 0 bridgehead atoms. The minimum absolute atomic E-state index is 0.686. The molecule has 0 saturated heterocycles. The number of nitrogens with two attached hydrogens (primary N) is 1.